The Hall–Kier alpha value is -3.93. The van der Waals surface area contributed by atoms with Gasteiger partial charge in [-0.25, -0.2) is 4.98 Å². The van der Waals surface area contributed by atoms with Crippen LogP contribution in [-0.4, -0.2) is 44.9 Å². The van der Waals surface area contributed by atoms with Crippen LogP contribution in [0.25, 0.3) is 22.2 Å². The SMILES string of the molecule is CC(C)N(C(=O)Cn1c(CCNC(=O)Cc2ccc(-c3ccccc3)cc2)nc2ccccc21)C(C)C. The maximum atomic E-state index is 13.2. The van der Waals surface area contributed by atoms with E-state index in [2.05, 4.69) is 29.6 Å². The van der Waals surface area contributed by atoms with Gasteiger partial charge in [0.05, 0.1) is 17.5 Å². The summed E-state index contributed by atoms with van der Waals surface area (Å²) in [6.07, 6.45) is 0.867. The summed E-state index contributed by atoms with van der Waals surface area (Å²) in [6.45, 7) is 8.83. The molecule has 0 aliphatic rings. The van der Waals surface area contributed by atoms with Gasteiger partial charge in [0.15, 0.2) is 0 Å². The van der Waals surface area contributed by atoms with Crippen molar-refractivity contribution in [3.05, 3.63) is 90.3 Å². The second kappa shape index (κ2) is 11.9. The molecule has 37 heavy (non-hydrogen) atoms. The van der Waals surface area contributed by atoms with Crippen LogP contribution in [0, 0.1) is 0 Å². The van der Waals surface area contributed by atoms with Crippen molar-refractivity contribution in [1.29, 1.82) is 0 Å². The van der Waals surface area contributed by atoms with Gasteiger partial charge in [0.25, 0.3) is 0 Å². The van der Waals surface area contributed by atoms with Gasteiger partial charge >= 0.3 is 0 Å². The molecule has 0 unspecified atom stereocenters. The van der Waals surface area contributed by atoms with E-state index in [0.717, 1.165) is 33.5 Å². The average molecular weight is 497 g/mol. The molecule has 0 atom stereocenters. The third-order valence-electron chi connectivity index (χ3n) is 6.52. The summed E-state index contributed by atoms with van der Waals surface area (Å²) >= 11 is 0. The number of aromatic nitrogens is 2. The Morgan fingerprint density at radius 2 is 1.46 bits per heavy atom. The van der Waals surface area contributed by atoms with Gasteiger partial charge in [0.2, 0.25) is 11.8 Å². The minimum atomic E-state index is -0.0306. The second-order valence-electron chi connectivity index (χ2n) is 9.93. The number of amides is 2. The molecule has 0 radical (unpaired) electrons. The Bertz CT molecular complexity index is 1330. The number of imidazole rings is 1. The molecule has 2 amide bonds. The van der Waals surface area contributed by atoms with Gasteiger partial charge in [-0.2, -0.15) is 0 Å². The summed E-state index contributed by atoms with van der Waals surface area (Å²) in [5.41, 5.74) is 5.05. The van der Waals surface area contributed by atoms with Gasteiger partial charge in [-0.15, -0.1) is 0 Å². The Kier molecular flexibility index (Phi) is 8.39. The summed E-state index contributed by atoms with van der Waals surface area (Å²) in [6, 6.07) is 26.4. The molecule has 1 N–H and O–H groups in total. The van der Waals surface area contributed by atoms with E-state index in [4.69, 9.17) is 4.98 Å². The summed E-state index contributed by atoms with van der Waals surface area (Å²) in [4.78, 5) is 32.5. The second-order valence-corrected chi connectivity index (χ2v) is 9.93. The van der Waals surface area contributed by atoms with Crippen molar-refractivity contribution in [2.45, 2.75) is 59.2 Å². The first-order valence-electron chi connectivity index (χ1n) is 13.0. The molecule has 0 aliphatic carbocycles. The lowest BCUT2D eigenvalue weighted by Gasteiger charge is -2.31. The number of rotatable bonds is 10. The van der Waals surface area contributed by atoms with Crippen LogP contribution in [-0.2, 0) is 29.0 Å². The van der Waals surface area contributed by atoms with Gasteiger partial charge in [0.1, 0.15) is 12.4 Å². The Morgan fingerprint density at radius 3 is 2.14 bits per heavy atom. The molecule has 0 saturated carbocycles. The molecule has 4 rings (SSSR count). The first-order valence-corrected chi connectivity index (χ1v) is 13.0. The number of hydrogen-bond donors (Lipinski definition) is 1. The van der Waals surface area contributed by atoms with Gasteiger partial charge < -0.3 is 14.8 Å². The molecule has 3 aromatic carbocycles. The quantitative estimate of drug-likeness (QED) is 0.326. The maximum absolute atomic E-state index is 13.2. The molecule has 4 aromatic rings. The van der Waals surface area contributed by atoms with Crippen molar-refractivity contribution in [3.8, 4) is 11.1 Å². The van der Waals surface area contributed by atoms with E-state index in [1.807, 2.05) is 91.8 Å². The lowest BCUT2D eigenvalue weighted by atomic mass is 10.0. The highest BCUT2D eigenvalue weighted by Gasteiger charge is 2.22. The van der Waals surface area contributed by atoms with Crippen molar-refractivity contribution in [2.24, 2.45) is 0 Å². The van der Waals surface area contributed by atoms with Crippen molar-refractivity contribution in [2.75, 3.05) is 6.54 Å². The number of fused-ring (bicyclic) bond motifs is 1. The molecular formula is C31H36N4O2. The van der Waals surface area contributed by atoms with Gasteiger partial charge in [-0.3, -0.25) is 9.59 Å². The third kappa shape index (κ3) is 6.45. The van der Waals surface area contributed by atoms with Crippen LogP contribution in [0.3, 0.4) is 0 Å². The van der Waals surface area contributed by atoms with Gasteiger partial charge in [0, 0.05) is 25.0 Å². The van der Waals surface area contributed by atoms with E-state index in [1.54, 1.807) is 0 Å². The predicted octanol–water partition coefficient (Wildman–Crippen LogP) is 5.25. The van der Waals surface area contributed by atoms with Crippen LogP contribution in [0.4, 0.5) is 0 Å². The fraction of sp³-hybridized carbons (Fsp3) is 0.323. The fourth-order valence-electron chi connectivity index (χ4n) is 4.89. The van der Waals surface area contributed by atoms with Gasteiger partial charge in [-0.1, -0.05) is 66.7 Å². The number of carbonyl (C=O) groups is 2. The highest BCUT2D eigenvalue weighted by molar-refractivity contribution is 5.82. The Labute approximate surface area is 219 Å². The molecule has 1 heterocycles. The number of hydrogen-bond acceptors (Lipinski definition) is 3. The van der Waals surface area contributed by atoms with E-state index < -0.39 is 0 Å². The molecule has 0 fully saturated rings. The van der Waals surface area contributed by atoms with E-state index >= 15 is 0 Å². The molecule has 1 aromatic heterocycles. The monoisotopic (exact) mass is 496 g/mol. The fourth-order valence-corrected chi connectivity index (χ4v) is 4.89. The first-order chi connectivity index (χ1) is 17.8. The smallest absolute Gasteiger partial charge is 0.243 e. The molecule has 0 aliphatic heterocycles. The van der Waals surface area contributed by atoms with E-state index in [-0.39, 0.29) is 30.4 Å². The standard InChI is InChI=1S/C31H36N4O2/c1-22(2)35(23(3)4)31(37)21-34-28-13-9-8-12-27(28)33-29(34)18-19-32-30(36)20-24-14-16-26(17-15-24)25-10-6-5-7-11-25/h5-17,22-23H,18-21H2,1-4H3,(H,32,36). The molecular weight excluding hydrogens is 460 g/mol. The number of para-hydroxylation sites is 2. The van der Waals surface area contributed by atoms with Crippen molar-refractivity contribution in [1.82, 2.24) is 19.8 Å². The van der Waals surface area contributed by atoms with Crippen LogP contribution in [0.1, 0.15) is 39.1 Å². The highest BCUT2D eigenvalue weighted by atomic mass is 16.2. The van der Waals surface area contributed by atoms with Crippen LogP contribution in [0.5, 0.6) is 0 Å². The lowest BCUT2D eigenvalue weighted by Crippen LogP contribution is -2.43. The summed E-state index contributed by atoms with van der Waals surface area (Å²) < 4.78 is 1.99. The molecule has 0 bridgehead atoms. The van der Waals surface area contributed by atoms with Gasteiger partial charge in [-0.05, 0) is 56.5 Å². The molecule has 6 heteroatoms. The highest BCUT2D eigenvalue weighted by Crippen LogP contribution is 2.20. The Balaban J connectivity index is 1.39. The normalized spacial score (nSPS) is 11.3. The molecule has 0 spiro atoms. The maximum Gasteiger partial charge on any atom is 0.243 e. The summed E-state index contributed by atoms with van der Waals surface area (Å²) in [7, 11) is 0. The zero-order valence-corrected chi connectivity index (χ0v) is 22.1. The molecule has 192 valence electrons. The zero-order valence-electron chi connectivity index (χ0n) is 22.1. The first kappa shape index (κ1) is 26.1. The van der Waals surface area contributed by atoms with Crippen LogP contribution in [0.2, 0.25) is 0 Å². The topological polar surface area (TPSA) is 67.2 Å². The number of benzene rings is 3. The van der Waals surface area contributed by atoms with E-state index in [1.165, 1.54) is 0 Å². The van der Waals surface area contributed by atoms with E-state index in [0.29, 0.717) is 19.4 Å². The van der Waals surface area contributed by atoms with Crippen molar-refractivity contribution < 1.29 is 9.59 Å². The zero-order chi connectivity index (χ0) is 26.4. The number of nitrogens with zero attached hydrogens (tertiary/aromatic N) is 3. The van der Waals surface area contributed by atoms with Crippen LogP contribution >= 0.6 is 0 Å². The number of carbonyl (C=O) groups excluding carboxylic acids is 2. The minimum absolute atomic E-state index is 0.0306. The van der Waals surface area contributed by atoms with Crippen LogP contribution < -0.4 is 5.32 Å². The predicted molar refractivity (Wildman–Crippen MR) is 149 cm³/mol. The Morgan fingerprint density at radius 1 is 0.838 bits per heavy atom. The van der Waals surface area contributed by atoms with Crippen LogP contribution in [0.15, 0.2) is 78.9 Å². The van der Waals surface area contributed by atoms with E-state index in [9.17, 15) is 9.59 Å². The average Bonchev–Trinajstić information content (AvgIpc) is 3.21. The summed E-state index contributed by atoms with van der Waals surface area (Å²) in [5, 5.41) is 3.02. The van der Waals surface area contributed by atoms with Crippen molar-refractivity contribution >= 4 is 22.8 Å². The molecule has 6 nitrogen and oxygen atoms in total. The van der Waals surface area contributed by atoms with Crippen molar-refractivity contribution in [3.63, 3.8) is 0 Å². The molecule has 0 saturated heterocycles. The largest absolute Gasteiger partial charge is 0.355 e. The lowest BCUT2D eigenvalue weighted by molar-refractivity contribution is -0.135. The number of nitrogens with one attached hydrogen (secondary N) is 1. The minimum Gasteiger partial charge on any atom is -0.355 e. The summed E-state index contributed by atoms with van der Waals surface area (Å²) in [5.74, 6) is 0.837. The third-order valence-corrected chi connectivity index (χ3v) is 6.52.